The number of aromatic nitrogens is 2. The first kappa shape index (κ1) is 22.4. The molecule has 0 radical (unpaired) electrons. The molecule has 1 amide bonds. The van der Waals surface area contributed by atoms with Crippen molar-refractivity contribution in [2.75, 3.05) is 11.9 Å². The molecule has 0 unspecified atom stereocenters. The van der Waals surface area contributed by atoms with Crippen molar-refractivity contribution in [1.29, 1.82) is 0 Å². The molecule has 0 fully saturated rings. The SMILES string of the molecule is O=C(CCNS(=O)(=O)c1ccc(Cl)c(C(F)(F)F)c1)Nc1nnc(C(F)F)s1. The van der Waals surface area contributed by atoms with Crippen LogP contribution in [0.4, 0.5) is 27.1 Å². The highest BCUT2D eigenvalue weighted by atomic mass is 35.5. The van der Waals surface area contributed by atoms with E-state index in [0.717, 1.165) is 12.1 Å². The van der Waals surface area contributed by atoms with Crippen molar-refractivity contribution < 1.29 is 35.2 Å². The third-order valence-electron chi connectivity index (χ3n) is 3.07. The quantitative estimate of drug-likeness (QED) is 0.611. The maximum absolute atomic E-state index is 12.8. The molecule has 2 aromatic rings. The lowest BCUT2D eigenvalue weighted by atomic mass is 10.2. The van der Waals surface area contributed by atoms with E-state index in [4.69, 9.17) is 11.6 Å². The number of nitrogens with one attached hydrogen (secondary N) is 2. The van der Waals surface area contributed by atoms with Gasteiger partial charge in [0, 0.05) is 13.0 Å². The molecule has 1 aromatic heterocycles. The van der Waals surface area contributed by atoms with Crippen LogP contribution in [-0.4, -0.2) is 31.1 Å². The highest BCUT2D eigenvalue weighted by molar-refractivity contribution is 7.89. The maximum atomic E-state index is 12.8. The Kier molecular flexibility index (Phi) is 6.90. The van der Waals surface area contributed by atoms with Crippen LogP contribution in [0.1, 0.15) is 23.4 Å². The van der Waals surface area contributed by atoms with Crippen LogP contribution < -0.4 is 10.0 Å². The number of hydrogen-bond donors (Lipinski definition) is 2. The van der Waals surface area contributed by atoms with Gasteiger partial charge in [-0.1, -0.05) is 22.9 Å². The lowest BCUT2D eigenvalue weighted by Gasteiger charge is -2.12. The number of benzene rings is 1. The number of halogens is 6. The fourth-order valence-corrected chi connectivity index (χ4v) is 3.72. The van der Waals surface area contributed by atoms with E-state index in [2.05, 4.69) is 15.5 Å². The van der Waals surface area contributed by atoms with Gasteiger partial charge in [0.25, 0.3) is 6.43 Å². The summed E-state index contributed by atoms with van der Waals surface area (Å²) in [7, 11) is -4.35. The van der Waals surface area contributed by atoms with Crippen molar-refractivity contribution in [2.45, 2.75) is 23.9 Å². The Morgan fingerprint density at radius 3 is 2.50 bits per heavy atom. The Balaban J connectivity index is 1.97. The van der Waals surface area contributed by atoms with Gasteiger partial charge >= 0.3 is 6.18 Å². The minimum absolute atomic E-state index is 0.198. The van der Waals surface area contributed by atoms with Crippen LogP contribution in [0.15, 0.2) is 23.1 Å². The molecular formula is C13H10ClF5N4O3S2. The highest BCUT2D eigenvalue weighted by Crippen LogP contribution is 2.35. The Morgan fingerprint density at radius 2 is 1.93 bits per heavy atom. The second kappa shape index (κ2) is 8.63. The predicted octanol–water partition coefficient (Wildman–Crippen LogP) is 3.46. The zero-order chi connectivity index (χ0) is 21.1. The van der Waals surface area contributed by atoms with Crippen molar-refractivity contribution >= 4 is 44.0 Å². The number of rotatable bonds is 7. The van der Waals surface area contributed by atoms with Crippen LogP contribution in [-0.2, 0) is 21.0 Å². The zero-order valence-corrected chi connectivity index (χ0v) is 15.8. The van der Waals surface area contributed by atoms with E-state index in [1.165, 1.54) is 0 Å². The molecule has 0 saturated heterocycles. The Hall–Kier alpha value is -1.90. The van der Waals surface area contributed by atoms with E-state index in [1.807, 2.05) is 4.72 Å². The summed E-state index contributed by atoms with van der Waals surface area (Å²) in [6.45, 7) is -0.460. The Bertz CT molecular complexity index is 965. The highest BCUT2D eigenvalue weighted by Gasteiger charge is 2.34. The largest absolute Gasteiger partial charge is 0.417 e. The van der Waals surface area contributed by atoms with Crippen LogP contribution in [0.5, 0.6) is 0 Å². The predicted molar refractivity (Wildman–Crippen MR) is 89.8 cm³/mol. The second-order valence-corrected chi connectivity index (χ2v) is 8.26. The molecule has 15 heteroatoms. The molecular weight excluding hydrogens is 455 g/mol. The molecule has 0 aliphatic heterocycles. The summed E-state index contributed by atoms with van der Waals surface area (Å²) in [5, 5.41) is 7.17. The summed E-state index contributed by atoms with van der Waals surface area (Å²) in [5.41, 5.74) is -1.32. The number of amides is 1. The summed E-state index contributed by atoms with van der Waals surface area (Å²) in [5.74, 6) is -0.758. The summed E-state index contributed by atoms with van der Waals surface area (Å²) in [6, 6.07) is 2.05. The molecule has 0 saturated carbocycles. The van der Waals surface area contributed by atoms with Crippen molar-refractivity contribution in [3.63, 3.8) is 0 Å². The van der Waals surface area contributed by atoms with Gasteiger partial charge in [-0.25, -0.2) is 21.9 Å². The molecule has 7 nitrogen and oxygen atoms in total. The first-order valence-electron chi connectivity index (χ1n) is 7.18. The molecule has 0 atom stereocenters. The van der Waals surface area contributed by atoms with Gasteiger partial charge in [-0.2, -0.15) is 13.2 Å². The molecule has 2 N–H and O–H groups in total. The average Bonchev–Trinajstić information content (AvgIpc) is 3.02. The molecule has 1 aromatic carbocycles. The maximum Gasteiger partial charge on any atom is 0.417 e. The van der Waals surface area contributed by atoms with Gasteiger partial charge in [-0.05, 0) is 18.2 Å². The smallest absolute Gasteiger partial charge is 0.300 e. The lowest BCUT2D eigenvalue weighted by molar-refractivity contribution is -0.137. The van der Waals surface area contributed by atoms with E-state index in [0.29, 0.717) is 17.4 Å². The van der Waals surface area contributed by atoms with Crippen LogP contribution in [0.25, 0.3) is 0 Å². The number of anilines is 1. The van der Waals surface area contributed by atoms with Gasteiger partial charge in [0.15, 0.2) is 5.01 Å². The fourth-order valence-electron chi connectivity index (χ4n) is 1.83. The molecule has 28 heavy (non-hydrogen) atoms. The third-order valence-corrected chi connectivity index (χ3v) is 5.71. The van der Waals surface area contributed by atoms with E-state index in [-0.39, 0.29) is 5.13 Å². The van der Waals surface area contributed by atoms with Crippen molar-refractivity contribution in [3.8, 4) is 0 Å². The Labute approximate surface area is 164 Å². The van der Waals surface area contributed by atoms with Crippen LogP contribution in [0.2, 0.25) is 5.02 Å². The monoisotopic (exact) mass is 464 g/mol. The molecule has 0 aliphatic rings. The first-order chi connectivity index (χ1) is 12.9. The summed E-state index contributed by atoms with van der Waals surface area (Å²) in [6.07, 6.45) is -8.12. The van der Waals surface area contributed by atoms with Gasteiger partial charge in [0.2, 0.25) is 21.1 Å². The standard InChI is InChI=1S/C13H10ClF5N4O3S2/c14-8-2-1-6(5-7(8)13(17,18)19)28(25,26)20-4-3-9(24)21-12-23-22-11(27-12)10(15)16/h1-2,5,10,20H,3-4H2,(H,21,23,24). The minimum atomic E-state index is -4.85. The van der Waals surface area contributed by atoms with Gasteiger partial charge in [-0.3, -0.25) is 4.79 Å². The first-order valence-corrected chi connectivity index (χ1v) is 9.85. The number of carbonyl (C=O) groups is 1. The Morgan fingerprint density at radius 1 is 1.25 bits per heavy atom. The molecule has 154 valence electrons. The number of carbonyl (C=O) groups excluding carboxylic acids is 1. The molecule has 0 spiro atoms. The normalized spacial score (nSPS) is 12.4. The topological polar surface area (TPSA) is 101 Å². The number of sulfonamides is 1. The third kappa shape index (κ3) is 5.80. The van der Waals surface area contributed by atoms with Gasteiger partial charge in [-0.15, -0.1) is 10.2 Å². The fraction of sp³-hybridized carbons (Fsp3) is 0.308. The van der Waals surface area contributed by atoms with Crippen LogP contribution in [0, 0.1) is 0 Å². The number of hydrogen-bond acceptors (Lipinski definition) is 6. The second-order valence-electron chi connectivity index (χ2n) is 5.08. The van der Waals surface area contributed by atoms with E-state index < -0.39 is 62.0 Å². The number of nitrogens with zero attached hydrogens (tertiary/aromatic N) is 2. The summed E-state index contributed by atoms with van der Waals surface area (Å²) in [4.78, 5) is 11.0. The van der Waals surface area contributed by atoms with Crippen molar-refractivity contribution in [1.82, 2.24) is 14.9 Å². The summed E-state index contributed by atoms with van der Waals surface area (Å²) >= 11 is 5.88. The van der Waals surface area contributed by atoms with Crippen LogP contribution in [0.3, 0.4) is 0 Å². The van der Waals surface area contributed by atoms with Crippen molar-refractivity contribution in [2.24, 2.45) is 0 Å². The minimum Gasteiger partial charge on any atom is -0.300 e. The van der Waals surface area contributed by atoms with E-state index in [1.54, 1.807) is 0 Å². The number of alkyl halides is 5. The molecule has 2 rings (SSSR count). The van der Waals surface area contributed by atoms with Gasteiger partial charge in [0.05, 0.1) is 15.5 Å². The molecule has 1 heterocycles. The van der Waals surface area contributed by atoms with Crippen molar-refractivity contribution in [3.05, 3.63) is 33.8 Å². The van der Waals surface area contributed by atoms with Crippen LogP contribution >= 0.6 is 22.9 Å². The summed E-state index contributed by atoms with van der Waals surface area (Å²) < 4.78 is 89.4. The molecule has 0 bridgehead atoms. The van der Waals surface area contributed by atoms with E-state index in [9.17, 15) is 35.2 Å². The molecule has 0 aliphatic carbocycles. The average molecular weight is 465 g/mol. The zero-order valence-electron chi connectivity index (χ0n) is 13.4. The van der Waals surface area contributed by atoms with Gasteiger partial charge < -0.3 is 5.32 Å². The lowest BCUT2D eigenvalue weighted by Crippen LogP contribution is -2.28. The van der Waals surface area contributed by atoms with E-state index >= 15 is 0 Å². The van der Waals surface area contributed by atoms with Gasteiger partial charge in [0.1, 0.15) is 0 Å².